The van der Waals surface area contributed by atoms with Crippen molar-refractivity contribution in [1.82, 2.24) is 0 Å². The smallest absolute Gasteiger partial charge is 0.133 e. The fourth-order valence-corrected chi connectivity index (χ4v) is 2.40. The van der Waals surface area contributed by atoms with Gasteiger partial charge in [0.25, 0.3) is 0 Å². The second kappa shape index (κ2) is 4.75. The van der Waals surface area contributed by atoms with E-state index in [1.54, 1.807) is 0 Å². The minimum absolute atomic E-state index is 0.168. The molecule has 0 aliphatic heterocycles. The third-order valence-corrected chi connectivity index (χ3v) is 3.50. The molecule has 0 bridgehead atoms. The first-order chi connectivity index (χ1) is 7.98. The fourth-order valence-electron chi connectivity index (χ4n) is 2.20. The van der Waals surface area contributed by atoms with E-state index < -0.39 is 5.60 Å². The normalized spacial score (nSPS) is 19.4. The second-order valence-electron chi connectivity index (χ2n) is 4.68. The van der Waals surface area contributed by atoms with Crippen LogP contribution >= 0.6 is 11.6 Å². The summed E-state index contributed by atoms with van der Waals surface area (Å²) in [6.45, 7) is 0. The first-order valence-corrected chi connectivity index (χ1v) is 6.04. The van der Waals surface area contributed by atoms with Gasteiger partial charge in [-0.1, -0.05) is 11.6 Å². The summed E-state index contributed by atoms with van der Waals surface area (Å²) in [7, 11) is 0. The van der Waals surface area contributed by atoms with E-state index in [-0.39, 0.29) is 18.0 Å². The summed E-state index contributed by atoms with van der Waals surface area (Å²) in [5.74, 6) is -0.194. The highest BCUT2D eigenvalue weighted by Gasteiger charge is 2.33. The van der Waals surface area contributed by atoms with E-state index in [4.69, 9.17) is 11.6 Å². The Morgan fingerprint density at radius 3 is 2.65 bits per heavy atom. The Bertz CT molecular complexity index is 435. The van der Waals surface area contributed by atoms with Gasteiger partial charge in [0, 0.05) is 24.3 Å². The second-order valence-corrected chi connectivity index (χ2v) is 5.11. The molecule has 0 atom stereocenters. The van der Waals surface area contributed by atoms with Crippen molar-refractivity contribution in [3.63, 3.8) is 0 Å². The summed E-state index contributed by atoms with van der Waals surface area (Å²) in [5, 5.41) is 10.8. The highest BCUT2D eigenvalue weighted by Crippen LogP contribution is 2.31. The average Bonchev–Trinajstić information content (AvgIpc) is 2.28. The van der Waals surface area contributed by atoms with Gasteiger partial charge in [-0.2, -0.15) is 0 Å². The molecule has 0 radical (unpaired) electrons. The molecule has 0 heterocycles. The Balaban J connectivity index is 2.14. The molecule has 4 heteroatoms. The van der Waals surface area contributed by atoms with Crippen molar-refractivity contribution in [1.29, 1.82) is 0 Å². The topological polar surface area (TPSA) is 37.3 Å². The molecule has 1 aromatic rings. The maximum absolute atomic E-state index is 13.5. The molecule has 1 aliphatic carbocycles. The van der Waals surface area contributed by atoms with E-state index in [9.17, 15) is 14.3 Å². The van der Waals surface area contributed by atoms with Crippen LogP contribution in [0.2, 0.25) is 5.02 Å². The van der Waals surface area contributed by atoms with Gasteiger partial charge in [-0.3, -0.25) is 4.79 Å². The van der Waals surface area contributed by atoms with Crippen molar-refractivity contribution in [2.24, 2.45) is 0 Å². The molecule has 0 saturated heterocycles. The summed E-state index contributed by atoms with van der Waals surface area (Å²) in [6.07, 6.45) is 1.76. The van der Waals surface area contributed by atoms with Crippen LogP contribution < -0.4 is 0 Å². The van der Waals surface area contributed by atoms with Gasteiger partial charge >= 0.3 is 0 Å². The van der Waals surface area contributed by atoms with Crippen LogP contribution in [0, 0.1) is 5.82 Å². The van der Waals surface area contributed by atoms with Crippen molar-refractivity contribution in [2.45, 2.75) is 37.7 Å². The highest BCUT2D eigenvalue weighted by molar-refractivity contribution is 6.30. The zero-order chi connectivity index (χ0) is 12.5. The van der Waals surface area contributed by atoms with Gasteiger partial charge in [0.1, 0.15) is 11.6 Å². The molecule has 1 N–H and O–H groups in total. The summed E-state index contributed by atoms with van der Waals surface area (Å²) in [4.78, 5) is 11.1. The fraction of sp³-hybridized carbons (Fsp3) is 0.462. The Labute approximate surface area is 104 Å². The van der Waals surface area contributed by atoms with Gasteiger partial charge in [0.05, 0.1) is 5.60 Å². The van der Waals surface area contributed by atoms with Crippen LogP contribution in [-0.2, 0) is 11.2 Å². The molecule has 1 aliphatic rings. The maximum atomic E-state index is 13.5. The number of rotatable bonds is 2. The molecule has 0 amide bonds. The standard InChI is InChI=1S/C13H14ClFO2/c14-10-1-2-12(15)9(7-10)8-13(17)5-3-11(16)4-6-13/h1-2,7,17H,3-6,8H2. The van der Waals surface area contributed by atoms with Gasteiger partial charge in [-0.25, -0.2) is 4.39 Å². The number of hydrogen-bond donors (Lipinski definition) is 1. The lowest BCUT2D eigenvalue weighted by atomic mass is 9.80. The maximum Gasteiger partial charge on any atom is 0.133 e. The minimum atomic E-state index is -0.973. The predicted octanol–water partition coefficient (Wildman–Crippen LogP) is 2.90. The zero-order valence-electron chi connectivity index (χ0n) is 9.38. The van der Waals surface area contributed by atoms with Crippen molar-refractivity contribution in [3.05, 3.63) is 34.6 Å². The van der Waals surface area contributed by atoms with Crippen molar-refractivity contribution in [3.8, 4) is 0 Å². The predicted molar refractivity (Wildman–Crippen MR) is 63.5 cm³/mol. The molecular formula is C13H14ClFO2. The lowest BCUT2D eigenvalue weighted by Crippen LogP contribution is -2.36. The molecule has 1 saturated carbocycles. The molecule has 2 rings (SSSR count). The third-order valence-electron chi connectivity index (χ3n) is 3.27. The minimum Gasteiger partial charge on any atom is -0.390 e. The number of carbonyl (C=O) groups is 1. The molecule has 0 spiro atoms. The summed E-state index contributed by atoms with van der Waals surface area (Å²) >= 11 is 5.80. The largest absolute Gasteiger partial charge is 0.390 e. The first kappa shape index (κ1) is 12.5. The Morgan fingerprint density at radius 2 is 2.00 bits per heavy atom. The van der Waals surface area contributed by atoms with Gasteiger partial charge < -0.3 is 5.11 Å². The summed E-state index contributed by atoms with van der Waals surface area (Å²) < 4.78 is 13.5. The molecule has 92 valence electrons. The van der Waals surface area contributed by atoms with Gasteiger partial charge in [0.15, 0.2) is 0 Å². The van der Waals surface area contributed by atoms with Crippen LogP contribution in [0.3, 0.4) is 0 Å². The molecule has 0 aromatic heterocycles. The molecule has 17 heavy (non-hydrogen) atoms. The van der Waals surface area contributed by atoms with E-state index >= 15 is 0 Å². The number of halogens is 2. The zero-order valence-corrected chi connectivity index (χ0v) is 10.1. The summed E-state index contributed by atoms with van der Waals surface area (Å²) in [5.41, 5.74) is -0.561. The van der Waals surface area contributed by atoms with Crippen molar-refractivity contribution < 1.29 is 14.3 Å². The van der Waals surface area contributed by atoms with E-state index in [0.717, 1.165) is 0 Å². The third kappa shape index (κ3) is 3.05. The van der Waals surface area contributed by atoms with Crippen molar-refractivity contribution >= 4 is 17.4 Å². The lowest BCUT2D eigenvalue weighted by Gasteiger charge is -2.31. The van der Waals surface area contributed by atoms with Gasteiger partial charge in [-0.15, -0.1) is 0 Å². The number of benzene rings is 1. The van der Waals surface area contributed by atoms with E-state index in [0.29, 0.717) is 36.3 Å². The average molecular weight is 257 g/mol. The Hall–Kier alpha value is -0.930. The molecule has 1 aromatic carbocycles. The SMILES string of the molecule is O=C1CCC(O)(Cc2cc(Cl)ccc2F)CC1. The van der Waals surface area contributed by atoms with Crippen LogP contribution in [0.5, 0.6) is 0 Å². The number of aliphatic hydroxyl groups is 1. The van der Waals surface area contributed by atoms with Crippen LogP contribution in [0.4, 0.5) is 4.39 Å². The van der Waals surface area contributed by atoms with E-state index in [1.165, 1.54) is 18.2 Å². The number of hydrogen-bond acceptors (Lipinski definition) is 2. The van der Waals surface area contributed by atoms with Crippen LogP contribution in [0.15, 0.2) is 18.2 Å². The monoisotopic (exact) mass is 256 g/mol. The Morgan fingerprint density at radius 1 is 1.35 bits per heavy atom. The van der Waals surface area contributed by atoms with Gasteiger partial charge in [0.2, 0.25) is 0 Å². The highest BCUT2D eigenvalue weighted by atomic mass is 35.5. The molecule has 0 unspecified atom stereocenters. The number of carbonyl (C=O) groups excluding carboxylic acids is 1. The summed E-state index contributed by atoms with van der Waals surface area (Å²) in [6, 6.07) is 4.31. The number of Topliss-reactive ketones (excluding diaryl/α,β-unsaturated/α-hetero) is 1. The molecular weight excluding hydrogens is 243 g/mol. The lowest BCUT2D eigenvalue weighted by molar-refractivity contribution is -0.125. The Kier molecular flexibility index (Phi) is 3.50. The van der Waals surface area contributed by atoms with E-state index in [2.05, 4.69) is 0 Å². The molecule has 2 nitrogen and oxygen atoms in total. The van der Waals surface area contributed by atoms with E-state index in [1.807, 2.05) is 0 Å². The van der Waals surface area contributed by atoms with Crippen molar-refractivity contribution in [2.75, 3.05) is 0 Å². The first-order valence-electron chi connectivity index (χ1n) is 5.67. The van der Waals surface area contributed by atoms with Gasteiger partial charge in [-0.05, 0) is 36.6 Å². The van der Waals surface area contributed by atoms with Crippen LogP contribution in [0.25, 0.3) is 0 Å². The quantitative estimate of drug-likeness (QED) is 0.883. The molecule has 1 fully saturated rings. The van der Waals surface area contributed by atoms with Crippen LogP contribution in [-0.4, -0.2) is 16.5 Å². The number of ketones is 1. The van der Waals surface area contributed by atoms with Crippen LogP contribution in [0.1, 0.15) is 31.2 Å².